The summed E-state index contributed by atoms with van der Waals surface area (Å²) < 4.78 is 5.52. The molecule has 0 bridgehead atoms. The van der Waals surface area contributed by atoms with Gasteiger partial charge >= 0.3 is 0 Å². The number of amides is 1. The molecule has 0 fully saturated rings. The molecule has 0 saturated carbocycles. The maximum atomic E-state index is 11.3. The van der Waals surface area contributed by atoms with Gasteiger partial charge in [-0.15, -0.1) is 0 Å². The van der Waals surface area contributed by atoms with Gasteiger partial charge in [0.15, 0.2) is 23.9 Å². The fourth-order valence-corrected chi connectivity index (χ4v) is 2.05. The number of likely N-dealkylation sites (N-methyl/N-ethyl adjacent to an activating group) is 1. The number of nitrogens with zero attached hydrogens (tertiary/aromatic N) is 3. The van der Waals surface area contributed by atoms with Crippen molar-refractivity contribution in [1.82, 2.24) is 25.3 Å². The van der Waals surface area contributed by atoms with Crippen molar-refractivity contribution in [2.45, 2.75) is 0 Å². The number of ether oxygens (including phenoxy) is 1. The number of nitrogens with one attached hydrogen (secondary N) is 2. The Morgan fingerprint density at radius 3 is 2.78 bits per heavy atom. The molecule has 2 aliphatic rings. The van der Waals surface area contributed by atoms with Gasteiger partial charge in [-0.1, -0.05) is 12.1 Å². The first-order valence-electron chi connectivity index (χ1n) is 6.80. The van der Waals surface area contributed by atoms with Crippen molar-refractivity contribution in [2.75, 3.05) is 25.1 Å². The van der Waals surface area contributed by atoms with Gasteiger partial charge in [-0.2, -0.15) is 4.98 Å². The third-order valence-electron chi connectivity index (χ3n) is 3.15. The van der Waals surface area contributed by atoms with Gasteiger partial charge in [0, 0.05) is 7.05 Å². The van der Waals surface area contributed by atoms with Gasteiger partial charge in [0.2, 0.25) is 5.95 Å². The highest BCUT2D eigenvalue weighted by molar-refractivity contribution is 5.78. The molecule has 9 heteroatoms. The number of carbonyl (C=O) groups is 1. The molecule has 1 aromatic carbocycles. The van der Waals surface area contributed by atoms with Crippen LogP contribution in [0.1, 0.15) is 0 Å². The van der Waals surface area contributed by atoms with Crippen LogP contribution in [0.4, 0.5) is 11.8 Å². The Bertz CT molecular complexity index is 830. The predicted octanol–water partition coefficient (Wildman–Crippen LogP) is 0.261. The number of aromatic amines is 1. The van der Waals surface area contributed by atoms with E-state index in [9.17, 15) is 4.79 Å². The quantitative estimate of drug-likeness (QED) is 0.540. The lowest BCUT2D eigenvalue weighted by atomic mass is 10.2. The van der Waals surface area contributed by atoms with E-state index in [0.29, 0.717) is 28.7 Å². The molecule has 1 amide bonds. The molecule has 0 aromatic heterocycles. The molecule has 0 saturated heterocycles. The number of hydrogen-bond donors (Lipinski definition) is 4. The van der Waals surface area contributed by atoms with E-state index in [2.05, 4.69) is 25.3 Å². The molecule has 1 aromatic rings. The standard InChI is InChI=1S/C14H15N7O2/c1-17-9(22)6-23-8-5-3-2-4-7(8)12-18-10-11(15)19-14(16)21-13(10)20-12/h2-5H,6H2,1H3,(H,17,22)(H5,15,16,18,19,20,21). The minimum absolute atomic E-state index is 0.102. The number of imidazole rings is 1. The fourth-order valence-electron chi connectivity index (χ4n) is 2.05. The summed E-state index contributed by atoms with van der Waals surface area (Å²) in [4.78, 5) is 26.8. The first kappa shape index (κ1) is 14.6. The van der Waals surface area contributed by atoms with Crippen molar-refractivity contribution in [3.8, 4) is 28.7 Å². The predicted molar refractivity (Wildman–Crippen MR) is 84.6 cm³/mol. The minimum Gasteiger partial charge on any atom is -0.483 e. The summed E-state index contributed by atoms with van der Waals surface area (Å²) in [7, 11) is 1.54. The van der Waals surface area contributed by atoms with Crippen LogP contribution >= 0.6 is 0 Å². The number of anilines is 2. The van der Waals surface area contributed by atoms with Crippen molar-refractivity contribution in [3.63, 3.8) is 0 Å². The lowest BCUT2D eigenvalue weighted by molar-refractivity contribution is -0.122. The molecular formula is C14H15N7O2. The molecule has 0 unspecified atom stereocenters. The first-order valence-corrected chi connectivity index (χ1v) is 6.80. The average molecular weight is 313 g/mol. The third-order valence-corrected chi connectivity index (χ3v) is 3.15. The number of nitrogen functional groups attached to an aromatic ring is 2. The highest BCUT2D eigenvalue weighted by Crippen LogP contribution is 2.32. The Balaban J connectivity index is 2.01. The Kier molecular flexibility index (Phi) is 3.67. The number of hydrogen-bond acceptors (Lipinski definition) is 7. The van der Waals surface area contributed by atoms with E-state index < -0.39 is 0 Å². The average Bonchev–Trinajstić information content (AvgIpc) is 2.97. The van der Waals surface area contributed by atoms with Crippen molar-refractivity contribution in [2.24, 2.45) is 0 Å². The third kappa shape index (κ3) is 2.84. The van der Waals surface area contributed by atoms with E-state index in [1.165, 1.54) is 0 Å². The van der Waals surface area contributed by atoms with Gasteiger partial charge in [-0.05, 0) is 12.1 Å². The number of fused-ring (bicyclic) bond motifs is 1. The summed E-state index contributed by atoms with van der Waals surface area (Å²) in [5.41, 5.74) is 12.5. The van der Waals surface area contributed by atoms with Gasteiger partial charge in [0.05, 0.1) is 5.56 Å². The summed E-state index contributed by atoms with van der Waals surface area (Å²) in [6.45, 7) is -0.102. The lowest BCUT2D eigenvalue weighted by Crippen LogP contribution is -2.24. The second kappa shape index (κ2) is 5.79. The Morgan fingerprint density at radius 1 is 1.22 bits per heavy atom. The normalized spacial score (nSPS) is 10.7. The van der Waals surface area contributed by atoms with Crippen LogP contribution in [0.5, 0.6) is 5.75 Å². The summed E-state index contributed by atoms with van der Waals surface area (Å²) in [5, 5.41) is 2.49. The van der Waals surface area contributed by atoms with Crippen LogP contribution in [0.2, 0.25) is 0 Å². The Morgan fingerprint density at radius 2 is 2.00 bits per heavy atom. The van der Waals surface area contributed by atoms with Gasteiger partial charge < -0.3 is 26.5 Å². The van der Waals surface area contributed by atoms with Crippen molar-refractivity contribution in [1.29, 1.82) is 0 Å². The van der Waals surface area contributed by atoms with Crippen LogP contribution < -0.4 is 21.5 Å². The molecule has 2 heterocycles. The molecule has 3 rings (SSSR count). The maximum absolute atomic E-state index is 11.3. The van der Waals surface area contributed by atoms with Gasteiger partial charge in [-0.25, -0.2) is 9.97 Å². The van der Waals surface area contributed by atoms with Gasteiger partial charge in [-0.3, -0.25) is 4.79 Å². The van der Waals surface area contributed by atoms with Crippen LogP contribution in [0.3, 0.4) is 0 Å². The maximum Gasteiger partial charge on any atom is 0.257 e. The van der Waals surface area contributed by atoms with Crippen molar-refractivity contribution in [3.05, 3.63) is 24.3 Å². The topological polar surface area (TPSA) is 145 Å². The van der Waals surface area contributed by atoms with E-state index in [1.807, 2.05) is 6.07 Å². The first-order chi connectivity index (χ1) is 11.1. The molecule has 23 heavy (non-hydrogen) atoms. The largest absolute Gasteiger partial charge is 0.483 e. The molecule has 2 aliphatic heterocycles. The summed E-state index contributed by atoms with van der Waals surface area (Å²) >= 11 is 0. The van der Waals surface area contributed by atoms with E-state index in [1.54, 1.807) is 25.2 Å². The van der Waals surface area contributed by atoms with E-state index in [0.717, 1.165) is 0 Å². The zero-order chi connectivity index (χ0) is 16.4. The number of nitrogens with two attached hydrogens (primary N) is 2. The van der Waals surface area contributed by atoms with Crippen LogP contribution in [-0.2, 0) is 4.79 Å². The van der Waals surface area contributed by atoms with Crippen molar-refractivity contribution >= 4 is 17.7 Å². The molecule has 0 atom stereocenters. The van der Waals surface area contributed by atoms with E-state index in [-0.39, 0.29) is 24.3 Å². The molecule has 9 nitrogen and oxygen atoms in total. The molecule has 6 N–H and O–H groups in total. The lowest BCUT2D eigenvalue weighted by Gasteiger charge is -2.08. The van der Waals surface area contributed by atoms with E-state index in [4.69, 9.17) is 16.2 Å². The molecule has 118 valence electrons. The van der Waals surface area contributed by atoms with E-state index >= 15 is 0 Å². The fraction of sp³-hybridized carbons (Fsp3) is 0.143. The van der Waals surface area contributed by atoms with Crippen molar-refractivity contribution < 1.29 is 9.53 Å². The molecule has 0 aliphatic carbocycles. The van der Waals surface area contributed by atoms with Gasteiger partial charge in [0.25, 0.3) is 5.91 Å². The SMILES string of the molecule is CNC(=O)COc1ccccc1-c1nc2nc(N)[nH]c(N)c-2n1. The number of aromatic nitrogens is 4. The smallest absolute Gasteiger partial charge is 0.257 e. The van der Waals surface area contributed by atoms with Gasteiger partial charge in [0.1, 0.15) is 11.6 Å². The molecule has 0 spiro atoms. The highest BCUT2D eigenvalue weighted by Gasteiger charge is 2.20. The Hall–Kier alpha value is -3.36. The monoisotopic (exact) mass is 313 g/mol. The summed E-state index contributed by atoms with van der Waals surface area (Å²) in [6, 6.07) is 7.14. The second-order valence-electron chi connectivity index (χ2n) is 4.71. The molecular weight excluding hydrogens is 298 g/mol. The van der Waals surface area contributed by atoms with Crippen LogP contribution in [-0.4, -0.2) is 39.5 Å². The Labute approximate surface area is 131 Å². The zero-order valence-corrected chi connectivity index (χ0v) is 12.3. The summed E-state index contributed by atoms with van der Waals surface area (Å²) in [5.74, 6) is 1.43. The number of H-pyrrole nitrogens is 1. The number of rotatable bonds is 4. The number of benzene rings is 1. The second-order valence-corrected chi connectivity index (χ2v) is 4.71. The summed E-state index contributed by atoms with van der Waals surface area (Å²) in [6.07, 6.45) is 0. The minimum atomic E-state index is -0.235. The number of para-hydroxylation sites is 1. The highest BCUT2D eigenvalue weighted by atomic mass is 16.5. The van der Waals surface area contributed by atoms with Crippen LogP contribution in [0.15, 0.2) is 24.3 Å². The molecule has 0 radical (unpaired) electrons. The van der Waals surface area contributed by atoms with Crippen LogP contribution in [0.25, 0.3) is 22.9 Å². The van der Waals surface area contributed by atoms with Crippen LogP contribution in [0, 0.1) is 0 Å². The number of carbonyl (C=O) groups excluding carboxylic acids is 1. The zero-order valence-electron chi connectivity index (χ0n) is 12.3.